The van der Waals surface area contributed by atoms with Crippen molar-refractivity contribution in [3.63, 3.8) is 0 Å². The normalized spacial score (nSPS) is 16.9. The number of non-ortho nitro benzene ring substituents is 1. The van der Waals surface area contributed by atoms with Crippen LogP contribution in [-0.4, -0.2) is 61.8 Å². The van der Waals surface area contributed by atoms with Gasteiger partial charge in [-0.3, -0.25) is 19.5 Å². The highest BCUT2D eigenvalue weighted by atomic mass is 16.6. The van der Waals surface area contributed by atoms with Crippen molar-refractivity contribution < 1.29 is 33.5 Å². The zero-order chi connectivity index (χ0) is 36.2. The Bertz CT molecular complexity index is 2150. The van der Waals surface area contributed by atoms with E-state index in [-0.39, 0.29) is 54.0 Å². The molecule has 2 aromatic heterocycles. The summed E-state index contributed by atoms with van der Waals surface area (Å²) in [6.45, 7) is 5.14. The van der Waals surface area contributed by atoms with E-state index in [4.69, 9.17) is 24.7 Å². The summed E-state index contributed by atoms with van der Waals surface area (Å²) >= 11 is 0. The molecule has 3 atom stereocenters. The van der Waals surface area contributed by atoms with Crippen molar-refractivity contribution in [2.24, 2.45) is 0 Å². The predicted molar refractivity (Wildman–Crippen MR) is 183 cm³/mol. The summed E-state index contributed by atoms with van der Waals surface area (Å²) in [6, 6.07) is 19.8. The summed E-state index contributed by atoms with van der Waals surface area (Å²) in [4.78, 5) is 63.2. The molecule has 0 amide bonds. The predicted octanol–water partition coefficient (Wildman–Crippen LogP) is 4.59. The fourth-order valence-electron chi connectivity index (χ4n) is 5.57. The molecule has 0 aliphatic carbocycles. The standard InChI is InChI=1S/C36H34N6O9/c1-20-4-10-24(11-5-20)34(44)49-19-28-27(51-35(45)25-12-6-21(2)7-13-25)18-29(50-28)41-31-30(38-22(3)33(41)43)32(40-36(37)39-31)48-17-16-23-8-14-26(15-9-23)42(46)47/h4-15,27-29H,16-19H2,1-3H3,(H2,37,39,40)/t27-,28+,29?/m0/s1. The maximum Gasteiger partial charge on any atom is 0.338 e. The second-order valence-electron chi connectivity index (χ2n) is 12.1. The number of hydrogen-bond donors (Lipinski definition) is 1. The van der Waals surface area contributed by atoms with Gasteiger partial charge in [0, 0.05) is 25.0 Å². The van der Waals surface area contributed by atoms with Crippen LogP contribution in [0.2, 0.25) is 0 Å². The van der Waals surface area contributed by atoms with E-state index >= 15 is 0 Å². The van der Waals surface area contributed by atoms with Gasteiger partial charge in [-0.1, -0.05) is 47.5 Å². The lowest BCUT2D eigenvalue weighted by molar-refractivity contribution is -0.384. The monoisotopic (exact) mass is 694 g/mol. The SMILES string of the molecule is Cc1ccc(C(=O)OC[C@H]2OC(n3c(=O)c(C)nc4c(OCCc5ccc([N+](=O)[O-])cc5)nc(N)nc43)C[C@@H]2OC(=O)c2ccc(C)cc2)cc1. The van der Waals surface area contributed by atoms with Gasteiger partial charge < -0.3 is 24.7 Å². The van der Waals surface area contributed by atoms with Gasteiger partial charge in [-0.25, -0.2) is 14.6 Å². The van der Waals surface area contributed by atoms with Crippen molar-refractivity contribution in [3.05, 3.63) is 127 Å². The lowest BCUT2D eigenvalue weighted by atomic mass is 10.1. The molecule has 6 rings (SSSR count). The summed E-state index contributed by atoms with van der Waals surface area (Å²) < 4.78 is 25.0. The Hall–Kier alpha value is -6.22. The molecule has 1 aliphatic rings. The highest BCUT2D eigenvalue weighted by Crippen LogP contribution is 2.34. The molecule has 0 radical (unpaired) electrons. The first-order valence-corrected chi connectivity index (χ1v) is 16.1. The number of nitrogens with zero attached hydrogens (tertiary/aromatic N) is 5. The molecular weight excluding hydrogens is 660 g/mol. The number of rotatable bonds is 11. The summed E-state index contributed by atoms with van der Waals surface area (Å²) in [5.74, 6) is -1.39. The molecule has 5 aromatic rings. The van der Waals surface area contributed by atoms with Gasteiger partial charge in [0.1, 0.15) is 30.7 Å². The Morgan fingerprint density at radius 3 is 2.18 bits per heavy atom. The maximum absolute atomic E-state index is 13.7. The number of nitrogen functional groups attached to an aromatic ring is 1. The summed E-state index contributed by atoms with van der Waals surface area (Å²) in [5, 5.41) is 11.0. The van der Waals surface area contributed by atoms with E-state index in [1.54, 1.807) is 60.7 Å². The third-order valence-corrected chi connectivity index (χ3v) is 8.34. The van der Waals surface area contributed by atoms with Crippen LogP contribution in [0.5, 0.6) is 5.88 Å². The van der Waals surface area contributed by atoms with Crippen molar-refractivity contribution in [1.29, 1.82) is 0 Å². The third kappa shape index (κ3) is 7.83. The molecule has 51 heavy (non-hydrogen) atoms. The smallest absolute Gasteiger partial charge is 0.338 e. The van der Waals surface area contributed by atoms with E-state index in [9.17, 15) is 24.5 Å². The van der Waals surface area contributed by atoms with E-state index < -0.39 is 40.9 Å². The fraction of sp³-hybridized carbons (Fsp3) is 0.278. The number of nitrogens with two attached hydrogens (primary N) is 1. The van der Waals surface area contributed by atoms with Crippen LogP contribution in [0.15, 0.2) is 77.6 Å². The van der Waals surface area contributed by atoms with E-state index in [0.717, 1.165) is 16.7 Å². The molecule has 3 aromatic carbocycles. The van der Waals surface area contributed by atoms with Crippen LogP contribution in [0, 0.1) is 30.9 Å². The molecule has 15 nitrogen and oxygen atoms in total. The third-order valence-electron chi connectivity index (χ3n) is 8.34. The minimum atomic E-state index is -1.04. The van der Waals surface area contributed by atoms with Crippen molar-refractivity contribution in [1.82, 2.24) is 19.5 Å². The molecule has 1 saturated heterocycles. The summed E-state index contributed by atoms with van der Waals surface area (Å²) in [6.07, 6.45) is -2.54. The number of carbonyl (C=O) groups is 2. The molecule has 2 N–H and O–H groups in total. The van der Waals surface area contributed by atoms with Gasteiger partial charge in [0.25, 0.3) is 11.2 Å². The number of aryl methyl sites for hydroxylation is 3. The van der Waals surface area contributed by atoms with Gasteiger partial charge >= 0.3 is 11.9 Å². The first-order valence-electron chi connectivity index (χ1n) is 16.1. The van der Waals surface area contributed by atoms with E-state index in [1.807, 2.05) is 13.8 Å². The average Bonchev–Trinajstić information content (AvgIpc) is 3.50. The van der Waals surface area contributed by atoms with Crippen LogP contribution in [0.1, 0.15) is 55.7 Å². The number of esters is 2. The van der Waals surface area contributed by atoms with Crippen molar-refractivity contribution in [2.45, 2.75) is 52.0 Å². The number of nitro benzene ring substituents is 1. The molecule has 15 heteroatoms. The number of benzene rings is 3. The van der Waals surface area contributed by atoms with Gasteiger partial charge in [0.05, 0.1) is 22.7 Å². The van der Waals surface area contributed by atoms with Crippen molar-refractivity contribution in [2.75, 3.05) is 18.9 Å². The van der Waals surface area contributed by atoms with Crippen LogP contribution < -0.4 is 16.0 Å². The number of aromatic nitrogens is 4. The Kier molecular flexibility index (Phi) is 10.00. The lowest BCUT2D eigenvalue weighted by Gasteiger charge is -2.19. The van der Waals surface area contributed by atoms with Crippen molar-refractivity contribution in [3.8, 4) is 5.88 Å². The van der Waals surface area contributed by atoms with Crippen LogP contribution in [0.25, 0.3) is 11.2 Å². The molecule has 1 fully saturated rings. The Morgan fingerprint density at radius 2 is 1.55 bits per heavy atom. The maximum atomic E-state index is 13.7. The zero-order valence-corrected chi connectivity index (χ0v) is 28.0. The molecule has 1 unspecified atom stereocenters. The second kappa shape index (κ2) is 14.7. The summed E-state index contributed by atoms with van der Waals surface area (Å²) in [7, 11) is 0. The molecule has 3 heterocycles. The zero-order valence-electron chi connectivity index (χ0n) is 28.0. The second-order valence-corrected chi connectivity index (χ2v) is 12.1. The minimum Gasteiger partial charge on any atom is -0.476 e. The number of carbonyl (C=O) groups excluding carboxylic acids is 2. The largest absolute Gasteiger partial charge is 0.476 e. The molecule has 0 bridgehead atoms. The number of ether oxygens (including phenoxy) is 4. The van der Waals surface area contributed by atoms with E-state index in [2.05, 4.69) is 15.0 Å². The molecule has 0 spiro atoms. The quantitative estimate of drug-likeness (QED) is 0.114. The van der Waals surface area contributed by atoms with Crippen LogP contribution in [0.4, 0.5) is 11.6 Å². The summed E-state index contributed by atoms with van der Waals surface area (Å²) in [5.41, 5.74) is 9.13. The number of nitro groups is 1. The van der Waals surface area contributed by atoms with Crippen LogP contribution in [0.3, 0.4) is 0 Å². The van der Waals surface area contributed by atoms with E-state index in [0.29, 0.717) is 17.5 Å². The average molecular weight is 695 g/mol. The molecular formula is C36H34N6O9. The Balaban J connectivity index is 1.27. The van der Waals surface area contributed by atoms with Crippen molar-refractivity contribution >= 4 is 34.7 Å². The van der Waals surface area contributed by atoms with Gasteiger partial charge in [-0.05, 0) is 50.6 Å². The first-order chi connectivity index (χ1) is 24.5. The highest BCUT2D eigenvalue weighted by molar-refractivity contribution is 5.90. The van der Waals surface area contributed by atoms with Gasteiger partial charge in [0.2, 0.25) is 11.8 Å². The first kappa shape index (κ1) is 34.6. The Labute approximate surface area is 291 Å². The number of anilines is 1. The number of fused-ring (bicyclic) bond motifs is 1. The number of hydrogen-bond acceptors (Lipinski definition) is 13. The van der Waals surface area contributed by atoms with Gasteiger partial charge in [0.15, 0.2) is 11.2 Å². The van der Waals surface area contributed by atoms with Crippen LogP contribution in [-0.2, 0) is 20.6 Å². The van der Waals surface area contributed by atoms with Gasteiger partial charge in [-0.15, -0.1) is 0 Å². The Morgan fingerprint density at radius 1 is 0.922 bits per heavy atom. The molecule has 0 saturated carbocycles. The van der Waals surface area contributed by atoms with Crippen LogP contribution >= 0.6 is 0 Å². The van der Waals surface area contributed by atoms with E-state index in [1.165, 1.54) is 23.6 Å². The molecule has 1 aliphatic heterocycles. The topological polar surface area (TPSA) is 201 Å². The highest BCUT2D eigenvalue weighted by Gasteiger charge is 2.41. The molecule has 262 valence electrons. The lowest BCUT2D eigenvalue weighted by Crippen LogP contribution is -2.32. The minimum absolute atomic E-state index is 0.00303. The van der Waals surface area contributed by atoms with Gasteiger partial charge in [-0.2, -0.15) is 9.97 Å². The fourth-order valence-corrected chi connectivity index (χ4v) is 5.57.